The van der Waals surface area contributed by atoms with E-state index in [0.29, 0.717) is 0 Å². The molecule has 2 aromatic rings. The maximum absolute atomic E-state index is 6.54. The van der Waals surface area contributed by atoms with E-state index in [0.717, 1.165) is 16.4 Å². The van der Waals surface area contributed by atoms with Crippen molar-refractivity contribution in [2.45, 2.75) is 44.9 Å². The summed E-state index contributed by atoms with van der Waals surface area (Å²) in [7, 11) is 0.0850. The van der Waals surface area contributed by atoms with Crippen molar-refractivity contribution in [2.75, 3.05) is 7.05 Å². The molecule has 0 amide bonds. The molecule has 1 atom stereocenters. The normalized spacial score (nSPS) is 17.8. The molecule has 1 unspecified atom stereocenters. The SMILES string of the molecule is CN1C=C(c2ccccc2)C(c2cccc(O[Si](C)(C)C(C)(C)C)c2)NC1=S. The Morgan fingerprint density at radius 3 is 2.36 bits per heavy atom. The maximum Gasteiger partial charge on any atom is 0.250 e. The van der Waals surface area contributed by atoms with E-state index in [2.05, 4.69) is 93.9 Å². The molecular formula is C23H30N2OSSi. The number of thiocarbonyl (C=S) groups is 1. The van der Waals surface area contributed by atoms with Crippen LogP contribution in [-0.2, 0) is 0 Å². The molecule has 0 spiro atoms. The van der Waals surface area contributed by atoms with Crippen LogP contribution in [0.4, 0.5) is 0 Å². The van der Waals surface area contributed by atoms with Gasteiger partial charge < -0.3 is 14.6 Å². The summed E-state index contributed by atoms with van der Waals surface area (Å²) in [6.45, 7) is 11.3. The Hall–Kier alpha value is -2.11. The minimum absolute atomic E-state index is 0.00549. The largest absolute Gasteiger partial charge is 0.543 e. The Bertz CT molecular complexity index is 887. The topological polar surface area (TPSA) is 24.5 Å². The van der Waals surface area contributed by atoms with Gasteiger partial charge in [-0.25, -0.2) is 0 Å². The molecule has 148 valence electrons. The number of rotatable bonds is 4. The molecule has 1 N–H and O–H groups in total. The Kier molecular flexibility index (Phi) is 5.68. The van der Waals surface area contributed by atoms with Crippen molar-refractivity contribution in [2.24, 2.45) is 0 Å². The number of hydrogen-bond donors (Lipinski definition) is 1. The van der Waals surface area contributed by atoms with E-state index >= 15 is 0 Å². The Labute approximate surface area is 175 Å². The molecule has 28 heavy (non-hydrogen) atoms. The smallest absolute Gasteiger partial charge is 0.250 e. The van der Waals surface area contributed by atoms with Crippen molar-refractivity contribution in [3.63, 3.8) is 0 Å². The van der Waals surface area contributed by atoms with Gasteiger partial charge in [0.05, 0.1) is 6.04 Å². The van der Waals surface area contributed by atoms with E-state index in [1.54, 1.807) is 0 Å². The zero-order chi connectivity index (χ0) is 20.5. The molecule has 1 aliphatic heterocycles. The highest BCUT2D eigenvalue weighted by atomic mass is 32.1. The number of nitrogens with zero attached hydrogens (tertiary/aromatic N) is 1. The summed E-state index contributed by atoms with van der Waals surface area (Å²) in [6, 6.07) is 18.9. The third-order valence-corrected chi connectivity index (χ3v) is 10.5. The van der Waals surface area contributed by atoms with Gasteiger partial charge in [-0.05, 0) is 53.6 Å². The molecule has 3 nitrogen and oxygen atoms in total. The van der Waals surface area contributed by atoms with Gasteiger partial charge in [0.25, 0.3) is 0 Å². The fourth-order valence-electron chi connectivity index (χ4n) is 2.98. The molecule has 1 aliphatic rings. The molecule has 0 bridgehead atoms. The van der Waals surface area contributed by atoms with Gasteiger partial charge >= 0.3 is 0 Å². The predicted molar refractivity (Wildman–Crippen MR) is 125 cm³/mol. The van der Waals surface area contributed by atoms with Crippen LogP contribution in [0.15, 0.2) is 60.8 Å². The van der Waals surface area contributed by atoms with Crippen molar-refractivity contribution in [1.82, 2.24) is 10.2 Å². The highest BCUT2D eigenvalue weighted by Gasteiger charge is 2.39. The van der Waals surface area contributed by atoms with Crippen molar-refractivity contribution in [1.29, 1.82) is 0 Å². The van der Waals surface area contributed by atoms with E-state index in [-0.39, 0.29) is 11.1 Å². The molecule has 0 saturated carbocycles. The van der Waals surface area contributed by atoms with Crippen molar-refractivity contribution >= 4 is 31.2 Å². The lowest BCUT2D eigenvalue weighted by molar-refractivity contribution is 0.491. The lowest BCUT2D eigenvalue weighted by Crippen LogP contribution is -2.44. The monoisotopic (exact) mass is 410 g/mol. The summed E-state index contributed by atoms with van der Waals surface area (Å²) >= 11 is 5.52. The van der Waals surface area contributed by atoms with Crippen LogP contribution in [-0.4, -0.2) is 25.4 Å². The summed E-state index contributed by atoms with van der Waals surface area (Å²) in [5, 5.41) is 4.38. The van der Waals surface area contributed by atoms with E-state index in [9.17, 15) is 0 Å². The minimum Gasteiger partial charge on any atom is -0.543 e. The Balaban J connectivity index is 1.97. The maximum atomic E-state index is 6.54. The van der Waals surface area contributed by atoms with Crippen LogP contribution in [0.5, 0.6) is 5.75 Å². The van der Waals surface area contributed by atoms with Crippen molar-refractivity contribution < 1.29 is 4.43 Å². The summed E-state index contributed by atoms with van der Waals surface area (Å²) < 4.78 is 6.54. The molecule has 3 rings (SSSR count). The Morgan fingerprint density at radius 2 is 1.71 bits per heavy atom. The van der Waals surface area contributed by atoms with Crippen LogP contribution in [0, 0.1) is 0 Å². The average Bonchev–Trinajstić information content (AvgIpc) is 2.63. The minimum atomic E-state index is -1.89. The van der Waals surface area contributed by atoms with Gasteiger partial charge in [0.1, 0.15) is 5.75 Å². The zero-order valence-corrected chi connectivity index (χ0v) is 19.4. The lowest BCUT2D eigenvalue weighted by Gasteiger charge is -2.37. The molecule has 2 aromatic carbocycles. The van der Waals surface area contributed by atoms with Gasteiger partial charge in [-0.3, -0.25) is 0 Å². The van der Waals surface area contributed by atoms with Crippen LogP contribution < -0.4 is 9.74 Å². The first-order valence-corrected chi connectivity index (χ1v) is 13.0. The van der Waals surface area contributed by atoms with Crippen LogP contribution in [0.2, 0.25) is 18.1 Å². The molecule has 5 heteroatoms. The molecule has 0 aliphatic carbocycles. The molecule has 0 aromatic heterocycles. The van der Waals surface area contributed by atoms with Gasteiger partial charge in [0.2, 0.25) is 8.32 Å². The van der Waals surface area contributed by atoms with Crippen molar-refractivity contribution in [3.05, 3.63) is 71.9 Å². The standard InChI is InChI=1S/C23H30N2OSSi/c1-23(2,3)28(5,6)26-19-14-10-13-18(15-19)21-20(16-25(4)22(27)24-21)17-11-8-7-9-12-17/h7-16,21H,1-6H3,(H,24,27). The van der Waals surface area contributed by atoms with Crippen molar-refractivity contribution in [3.8, 4) is 5.75 Å². The first-order chi connectivity index (χ1) is 13.1. The van der Waals surface area contributed by atoms with Crippen LogP contribution >= 0.6 is 12.2 Å². The van der Waals surface area contributed by atoms with Crippen LogP contribution in [0.25, 0.3) is 5.57 Å². The second-order valence-electron chi connectivity index (χ2n) is 8.88. The number of hydrogen-bond acceptors (Lipinski definition) is 2. The second-order valence-corrected chi connectivity index (χ2v) is 14.0. The summed E-state index contributed by atoms with van der Waals surface area (Å²) in [5.74, 6) is 0.933. The van der Waals surface area contributed by atoms with Gasteiger partial charge in [-0.15, -0.1) is 0 Å². The summed E-state index contributed by atoms with van der Waals surface area (Å²) in [5.41, 5.74) is 3.54. The van der Waals surface area contributed by atoms with E-state index in [1.165, 1.54) is 11.1 Å². The second kappa shape index (κ2) is 7.72. The fourth-order valence-corrected chi connectivity index (χ4v) is 4.18. The van der Waals surface area contributed by atoms with Gasteiger partial charge in [0, 0.05) is 18.8 Å². The fraction of sp³-hybridized carbons (Fsp3) is 0.348. The van der Waals surface area contributed by atoms with Crippen LogP contribution in [0.3, 0.4) is 0 Å². The molecule has 0 saturated heterocycles. The summed E-state index contributed by atoms with van der Waals surface area (Å²) in [4.78, 5) is 1.96. The molecule has 0 fully saturated rings. The average molecular weight is 411 g/mol. The first kappa shape index (κ1) is 20.6. The van der Waals surface area contributed by atoms with E-state index in [1.807, 2.05) is 18.0 Å². The number of benzene rings is 2. The third kappa shape index (κ3) is 4.31. The van der Waals surface area contributed by atoms with E-state index < -0.39 is 8.32 Å². The molecule has 0 radical (unpaired) electrons. The zero-order valence-electron chi connectivity index (χ0n) is 17.6. The number of nitrogens with one attached hydrogen (secondary N) is 1. The quantitative estimate of drug-likeness (QED) is 0.495. The van der Waals surface area contributed by atoms with Gasteiger partial charge in [-0.1, -0.05) is 63.2 Å². The highest BCUT2D eigenvalue weighted by Crippen LogP contribution is 2.39. The van der Waals surface area contributed by atoms with E-state index in [4.69, 9.17) is 16.6 Å². The predicted octanol–water partition coefficient (Wildman–Crippen LogP) is 5.97. The summed E-state index contributed by atoms with van der Waals surface area (Å²) in [6.07, 6.45) is 2.13. The first-order valence-electron chi connectivity index (χ1n) is 9.68. The van der Waals surface area contributed by atoms with Gasteiger partial charge in [-0.2, -0.15) is 0 Å². The molecular weight excluding hydrogens is 380 g/mol. The molecule has 1 heterocycles. The lowest BCUT2D eigenvalue weighted by atomic mass is 9.92. The van der Waals surface area contributed by atoms with Crippen LogP contribution in [0.1, 0.15) is 37.9 Å². The van der Waals surface area contributed by atoms with Gasteiger partial charge in [0.15, 0.2) is 5.11 Å². The Morgan fingerprint density at radius 1 is 1.04 bits per heavy atom. The highest BCUT2D eigenvalue weighted by molar-refractivity contribution is 7.80. The third-order valence-electron chi connectivity index (χ3n) is 5.71.